The molecule has 0 heterocycles. The summed E-state index contributed by atoms with van der Waals surface area (Å²) in [5.74, 6) is 0. The SMILES string of the molecule is C[Si](C)(Cl)CCCC(O)CC[Si](C)(C)Cl. The normalized spacial score (nSPS) is 15.4. The van der Waals surface area contributed by atoms with Crippen molar-refractivity contribution in [2.75, 3.05) is 0 Å². The molecule has 0 aliphatic carbocycles. The molecule has 0 saturated heterocycles. The van der Waals surface area contributed by atoms with E-state index in [0.29, 0.717) is 0 Å². The summed E-state index contributed by atoms with van der Waals surface area (Å²) in [6.07, 6.45) is 2.61. The molecule has 0 aromatic heterocycles. The molecule has 0 aliphatic rings. The summed E-state index contributed by atoms with van der Waals surface area (Å²) in [6.45, 7) is 8.54. The van der Waals surface area contributed by atoms with Gasteiger partial charge in [-0.05, 0) is 24.9 Å². The predicted octanol–water partition coefficient (Wildman–Crippen LogP) is 4.41. The molecule has 0 aromatic rings. The Morgan fingerprint density at radius 3 is 1.80 bits per heavy atom. The Labute approximate surface area is 106 Å². The molecule has 0 spiro atoms. The van der Waals surface area contributed by atoms with Gasteiger partial charge in [0.2, 0.25) is 0 Å². The highest BCUT2D eigenvalue weighted by Gasteiger charge is 2.20. The maximum absolute atomic E-state index is 9.75. The monoisotopic (exact) mass is 286 g/mol. The summed E-state index contributed by atoms with van der Waals surface area (Å²) in [5.41, 5.74) is 0. The standard InChI is InChI=1S/C10H24Cl2OSi2/c1-14(2,11)8-5-6-10(13)7-9-15(3,4)12/h10,13H,5-9H2,1-4H3. The Kier molecular flexibility index (Phi) is 7.08. The minimum atomic E-state index is -1.50. The number of rotatable bonds is 7. The van der Waals surface area contributed by atoms with Gasteiger partial charge in [0, 0.05) is 0 Å². The molecule has 5 heteroatoms. The molecule has 0 rings (SSSR count). The average Bonchev–Trinajstić information content (AvgIpc) is 1.97. The van der Waals surface area contributed by atoms with E-state index in [9.17, 15) is 5.11 Å². The van der Waals surface area contributed by atoms with Gasteiger partial charge in [0.25, 0.3) is 0 Å². The molecular weight excluding hydrogens is 263 g/mol. The van der Waals surface area contributed by atoms with Gasteiger partial charge in [-0.3, -0.25) is 0 Å². The van der Waals surface area contributed by atoms with Gasteiger partial charge in [-0.25, -0.2) is 0 Å². The number of aliphatic hydroxyl groups is 1. The minimum Gasteiger partial charge on any atom is -0.393 e. The molecule has 0 aromatic carbocycles. The molecule has 92 valence electrons. The van der Waals surface area contributed by atoms with Crippen LogP contribution in [-0.2, 0) is 0 Å². The van der Waals surface area contributed by atoms with E-state index in [1.54, 1.807) is 0 Å². The summed E-state index contributed by atoms with van der Waals surface area (Å²) in [6, 6.07) is 2.09. The van der Waals surface area contributed by atoms with Crippen molar-refractivity contribution in [2.45, 2.75) is 63.6 Å². The third kappa shape index (κ3) is 12.9. The number of aliphatic hydroxyl groups excluding tert-OH is 1. The molecule has 1 atom stereocenters. The van der Waals surface area contributed by atoms with E-state index in [0.717, 1.165) is 31.4 Å². The fourth-order valence-electron chi connectivity index (χ4n) is 1.41. The summed E-state index contributed by atoms with van der Waals surface area (Å²) >= 11 is 12.4. The van der Waals surface area contributed by atoms with Gasteiger partial charge in [0.05, 0.1) is 6.10 Å². The second kappa shape index (κ2) is 6.65. The zero-order chi connectivity index (χ0) is 12.1. The van der Waals surface area contributed by atoms with E-state index < -0.39 is 14.8 Å². The van der Waals surface area contributed by atoms with E-state index in [1.807, 2.05) is 0 Å². The summed E-state index contributed by atoms with van der Waals surface area (Å²) < 4.78 is 0. The molecule has 0 bridgehead atoms. The highest BCUT2D eigenvalue weighted by atomic mass is 35.6. The molecular formula is C10H24Cl2OSi2. The van der Waals surface area contributed by atoms with Crippen LogP contribution in [0.15, 0.2) is 0 Å². The Bertz CT molecular complexity index is 175. The third-order valence-electron chi connectivity index (χ3n) is 2.38. The van der Waals surface area contributed by atoms with Gasteiger partial charge >= 0.3 is 0 Å². The number of halogens is 2. The summed E-state index contributed by atoms with van der Waals surface area (Å²) in [7, 11) is -2.94. The average molecular weight is 287 g/mol. The van der Waals surface area contributed by atoms with Crippen molar-refractivity contribution in [3.05, 3.63) is 0 Å². The molecule has 0 fully saturated rings. The van der Waals surface area contributed by atoms with Crippen LogP contribution in [0.2, 0.25) is 38.3 Å². The number of hydrogen-bond donors (Lipinski definition) is 1. The molecule has 1 unspecified atom stereocenters. The lowest BCUT2D eigenvalue weighted by Crippen LogP contribution is -2.20. The van der Waals surface area contributed by atoms with Crippen LogP contribution >= 0.6 is 22.2 Å². The second-order valence-corrected chi connectivity index (χ2v) is 19.5. The maximum atomic E-state index is 9.75. The van der Waals surface area contributed by atoms with Gasteiger partial charge < -0.3 is 5.11 Å². The van der Waals surface area contributed by atoms with Gasteiger partial charge in [-0.15, -0.1) is 0 Å². The van der Waals surface area contributed by atoms with Crippen molar-refractivity contribution in [2.24, 2.45) is 0 Å². The first-order chi connectivity index (χ1) is 6.60. The van der Waals surface area contributed by atoms with E-state index in [1.165, 1.54) is 0 Å². The van der Waals surface area contributed by atoms with Gasteiger partial charge in [0.1, 0.15) is 7.38 Å². The molecule has 1 nitrogen and oxygen atoms in total. The van der Waals surface area contributed by atoms with Crippen LogP contribution in [0.1, 0.15) is 19.3 Å². The second-order valence-electron chi connectivity index (χ2n) is 5.52. The lowest BCUT2D eigenvalue weighted by Gasteiger charge is -2.17. The summed E-state index contributed by atoms with van der Waals surface area (Å²) in [5, 5.41) is 9.75. The van der Waals surface area contributed by atoms with Gasteiger partial charge in [-0.2, -0.15) is 22.2 Å². The Morgan fingerprint density at radius 2 is 1.40 bits per heavy atom. The number of hydrogen-bond acceptors (Lipinski definition) is 1. The zero-order valence-corrected chi connectivity index (χ0v) is 13.8. The maximum Gasteiger partial charge on any atom is 0.150 e. The Balaban J connectivity index is 3.54. The fourth-order valence-corrected chi connectivity index (χ4v) is 4.20. The minimum absolute atomic E-state index is 0.177. The van der Waals surface area contributed by atoms with E-state index in [2.05, 4.69) is 26.2 Å². The zero-order valence-electron chi connectivity index (χ0n) is 10.3. The highest BCUT2D eigenvalue weighted by Crippen LogP contribution is 2.22. The van der Waals surface area contributed by atoms with Crippen LogP contribution in [0.25, 0.3) is 0 Å². The fraction of sp³-hybridized carbons (Fsp3) is 1.00. The Hall–Kier alpha value is 0.974. The first-order valence-corrected chi connectivity index (χ1v) is 14.1. The first-order valence-electron chi connectivity index (χ1n) is 5.66. The molecule has 1 N–H and O–H groups in total. The van der Waals surface area contributed by atoms with Crippen molar-refractivity contribution in [1.29, 1.82) is 0 Å². The van der Waals surface area contributed by atoms with E-state index >= 15 is 0 Å². The molecule has 0 amide bonds. The van der Waals surface area contributed by atoms with Crippen LogP contribution in [0.5, 0.6) is 0 Å². The van der Waals surface area contributed by atoms with Crippen molar-refractivity contribution in [3.8, 4) is 0 Å². The van der Waals surface area contributed by atoms with E-state index in [4.69, 9.17) is 22.2 Å². The lowest BCUT2D eigenvalue weighted by atomic mass is 10.2. The summed E-state index contributed by atoms with van der Waals surface area (Å²) in [4.78, 5) is 0. The molecule has 0 saturated carbocycles. The lowest BCUT2D eigenvalue weighted by molar-refractivity contribution is 0.159. The largest absolute Gasteiger partial charge is 0.393 e. The Morgan fingerprint density at radius 1 is 0.933 bits per heavy atom. The topological polar surface area (TPSA) is 20.2 Å². The van der Waals surface area contributed by atoms with Crippen LogP contribution in [0, 0.1) is 0 Å². The van der Waals surface area contributed by atoms with Crippen LogP contribution in [-0.4, -0.2) is 26.0 Å². The molecule has 0 radical (unpaired) electrons. The van der Waals surface area contributed by atoms with Crippen LogP contribution < -0.4 is 0 Å². The predicted molar refractivity (Wildman–Crippen MR) is 76.1 cm³/mol. The third-order valence-corrected chi connectivity index (χ3v) is 6.53. The van der Waals surface area contributed by atoms with Crippen molar-refractivity contribution < 1.29 is 5.11 Å². The quantitative estimate of drug-likeness (QED) is 0.543. The van der Waals surface area contributed by atoms with Crippen LogP contribution in [0.3, 0.4) is 0 Å². The molecule has 0 aliphatic heterocycles. The van der Waals surface area contributed by atoms with Crippen molar-refractivity contribution in [3.63, 3.8) is 0 Å². The van der Waals surface area contributed by atoms with Crippen molar-refractivity contribution in [1.82, 2.24) is 0 Å². The van der Waals surface area contributed by atoms with Gasteiger partial charge in [0.15, 0.2) is 7.38 Å². The van der Waals surface area contributed by atoms with Gasteiger partial charge in [-0.1, -0.05) is 32.6 Å². The molecule has 15 heavy (non-hydrogen) atoms. The first kappa shape index (κ1) is 16.0. The van der Waals surface area contributed by atoms with E-state index in [-0.39, 0.29) is 6.10 Å². The van der Waals surface area contributed by atoms with Crippen LogP contribution in [0.4, 0.5) is 0 Å². The van der Waals surface area contributed by atoms with Crippen molar-refractivity contribution >= 4 is 36.9 Å². The highest BCUT2D eigenvalue weighted by molar-refractivity contribution is 7.19. The smallest absolute Gasteiger partial charge is 0.150 e.